The Hall–Kier alpha value is 0.540. The smallest absolute Gasteiger partial charge is 0.0480 e. The molecule has 0 aromatic heterocycles. The summed E-state index contributed by atoms with van der Waals surface area (Å²) in [5, 5.41) is 0.225. The van der Waals surface area contributed by atoms with E-state index >= 15 is 0 Å². The summed E-state index contributed by atoms with van der Waals surface area (Å²) in [6.07, 6.45) is 3.03. The van der Waals surface area contributed by atoms with Crippen LogP contribution >= 0.6 is 23.2 Å². The zero-order valence-corrected chi connectivity index (χ0v) is 8.50. The molecule has 1 nitrogen and oxygen atoms in total. The third kappa shape index (κ3) is 10.5. The lowest BCUT2D eigenvalue weighted by molar-refractivity contribution is 0.129. The second kappa shape index (κ2) is 8.63. The van der Waals surface area contributed by atoms with Crippen LogP contribution in [0.2, 0.25) is 0 Å². The quantitative estimate of drug-likeness (QED) is 0.452. The monoisotopic (exact) mass is 198 g/mol. The maximum Gasteiger partial charge on any atom is 0.0480 e. The molecule has 68 valence electrons. The summed E-state index contributed by atoms with van der Waals surface area (Å²) >= 11 is 11.2. The van der Waals surface area contributed by atoms with Crippen LogP contribution in [0.5, 0.6) is 0 Å². The van der Waals surface area contributed by atoms with Gasteiger partial charge in [0, 0.05) is 24.5 Å². The van der Waals surface area contributed by atoms with E-state index in [-0.39, 0.29) is 5.38 Å². The van der Waals surface area contributed by atoms with Crippen molar-refractivity contribution in [3.05, 3.63) is 0 Å². The molecule has 0 fully saturated rings. The summed E-state index contributed by atoms with van der Waals surface area (Å²) in [4.78, 5) is 0. The molecule has 0 aromatic carbocycles. The molecule has 3 heteroatoms. The largest absolute Gasteiger partial charge is 0.381 e. The summed E-state index contributed by atoms with van der Waals surface area (Å²) in [5.74, 6) is 0.731. The molecule has 0 bridgehead atoms. The lowest BCUT2D eigenvalue weighted by atomic mass is 10.3. The maximum absolute atomic E-state index is 5.72. The molecule has 0 saturated heterocycles. The molecule has 0 saturated carbocycles. The van der Waals surface area contributed by atoms with Crippen molar-refractivity contribution in [1.82, 2.24) is 0 Å². The van der Waals surface area contributed by atoms with Gasteiger partial charge in [0.05, 0.1) is 0 Å². The lowest BCUT2D eigenvalue weighted by Crippen LogP contribution is -2.02. The van der Waals surface area contributed by atoms with Crippen molar-refractivity contribution in [2.24, 2.45) is 0 Å². The molecule has 0 aliphatic heterocycles. The van der Waals surface area contributed by atoms with Gasteiger partial charge in [-0.15, -0.1) is 23.2 Å². The second-order valence-corrected chi connectivity index (χ2v) is 3.70. The minimum Gasteiger partial charge on any atom is -0.381 e. The predicted octanol–water partition coefficient (Wildman–Crippen LogP) is 3.04. The third-order valence-electron chi connectivity index (χ3n) is 1.33. The topological polar surface area (TPSA) is 9.23 Å². The van der Waals surface area contributed by atoms with Gasteiger partial charge in [0.2, 0.25) is 0 Å². The Morgan fingerprint density at radius 1 is 1.27 bits per heavy atom. The van der Waals surface area contributed by atoms with Gasteiger partial charge in [0.15, 0.2) is 0 Å². The van der Waals surface area contributed by atoms with Crippen LogP contribution in [-0.4, -0.2) is 24.5 Å². The van der Waals surface area contributed by atoms with Gasteiger partial charge in [-0.1, -0.05) is 0 Å². The van der Waals surface area contributed by atoms with Gasteiger partial charge >= 0.3 is 0 Å². The number of hydrogen-bond donors (Lipinski definition) is 0. The highest BCUT2D eigenvalue weighted by Gasteiger charge is 1.95. The second-order valence-electron chi connectivity index (χ2n) is 2.58. The van der Waals surface area contributed by atoms with Gasteiger partial charge in [-0.3, -0.25) is 0 Å². The van der Waals surface area contributed by atoms with Gasteiger partial charge in [-0.05, 0) is 26.2 Å². The summed E-state index contributed by atoms with van der Waals surface area (Å²) in [5.41, 5.74) is 0. The molecule has 0 spiro atoms. The highest BCUT2D eigenvalue weighted by Crippen LogP contribution is 2.00. The molecular weight excluding hydrogens is 183 g/mol. The van der Waals surface area contributed by atoms with Crippen LogP contribution in [-0.2, 0) is 4.74 Å². The van der Waals surface area contributed by atoms with E-state index < -0.39 is 0 Å². The van der Waals surface area contributed by atoms with Crippen molar-refractivity contribution in [1.29, 1.82) is 0 Å². The molecule has 0 aliphatic rings. The lowest BCUT2D eigenvalue weighted by Gasteiger charge is -2.03. The van der Waals surface area contributed by atoms with Gasteiger partial charge in [0.25, 0.3) is 0 Å². The van der Waals surface area contributed by atoms with E-state index in [9.17, 15) is 0 Å². The average molecular weight is 199 g/mol. The molecule has 11 heavy (non-hydrogen) atoms. The molecule has 0 heterocycles. The zero-order valence-electron chi connectivity index (χ0n) is 6.98. The number of rotatable bonds is 7. The SMILES string of the molecule is CC(Cl)CCOCCCCCl. The highest BCUT2D eigenvalue weighted by molar-refractivity contribution is 6.20. The molecule has 0 aromatic rings. The first-order valence-corrected chi connectivity index (χ1v) is 5.02. The molecule has 1 atom stereocenters. The fourth-order valence-electron chi connectivity index (χ4n) is 0.646. The Morgan fingerprint density at radius 3 is 2.55 bits per heavy atom. The van der Waals surface area contributed by atoms with Crippen LogP contribution in [0, 0.1) is 0 Å². The molecule has 0 radical (unpaired) electrons. The summed E-state index contributed by atoms with van der Waals surface area (Å²) in [7, 11) is 0. The van der Waals surface area contributed by atoms with Crippen LogP contribution in [0.4, 0.5) is 0 Å². The number of hydrogen-bond acceptors (Lipinski definition) is 1. The fraction of sp³-hybridized carbons (Fsp3) is 1.00. The van der Waals surface area contributed by atoms with E-state index in [4.69, 9.17) is 27.9 Å². The minimum absolute atomic E-state index is 0.225. The average Bonchev–Trinajstić information content (AvgIpc) is 1.96. The van der Waals surface area contributed by atoms with Crippen LogP contribution in [0.1, 0.15) is 26.2 Å². The Labute approximate surface area is 79.0 Å². The highest BCUT2D eigenvalue weighted by atomic mass is 35.5. The van der Waals surface area contributed by atoms with E-state index in [2.05, 4.69) is 0 Å². The first-order valence-electron chi connectivity index (χ1n) is 4.05. The molecule has 0 aliphatic carbocycles. The van der Waals surface area contributed by atoms with Crippen molar-refractivity contribution in [2.45, 2.75) is 31.6 Å². The minimum atomic E-state index is 0.225. The zero-order chi connectivity index (χ0) is 8.53. The van der Waals surface area contributed by atoms with Crippen molar-refractivity contribution in [2.75, 3.05) is 19.1 Å². The Kier molecular flexibility index (Phi) is 9.06. The first kappa shape index (κ1) is 11.5. The Bertz CT molecular complexity index is 76.5. The van der Waals surface area contributed by atoms with Gasteiger partial charge in [-0.2, -0.15) is 0 Å². The van der Waals surface area contributed by atoms with Crippen LogP contribution in [0.3, 0.4) is 0 Å². The third-order valence-corrected chi connectivity index (χ3v) is 1.82. The van der Waals surface area contributed by atoms with Gasteiger partial charge in [-0.25, -0.2) is 0 Å². The van der Waals surface area contributed by atoms with Crippen molar-refractivity contribution < 1.29 is 4.74 Å². The van der Waals surface area contributed by atoms with Gasteiger partial charge in [0.1, 0.15) is 0 Å². The molecule has 0 N–H and O–H groups in total. The maximum atomic E-state index is 5.72. The van der Waals surface area contributed by atoms with E-state index in [0.29, 0.717) is 0 Å². The van der Waals surface area contributed by atoms with E-state index in [1.807, 2.05) is 6.92 Å². The number of unbranched alkanes of at least 4 members (excludes halogenated alkanes) is 1. The summed E-state index contributed by atoms with van der Waals surface area (Å²) < 4.78 is 5.30. The predicted molar refractivity (Wildman–Crippen MR) is 50.7 cm³/mol. The first-order chi connectivity index (χ1) is 5.27. The molecule has 0 amide bonds. The summed E-state index contributed by atoms with van der Waals surface area (Å²) in [6, 6.07) is 0. The van der Waals surface area contributed by atoms with E-state index in [1.165, 1.54) is 0 Å². The van der Waals surface area contributed by atoms with E-state index in [0.717, 1.165) is 38.4 Å². The molecule has 1 unspecified atom stereocenters. The molecule has 0 rings (SSSR count). The van der Waals surface area contributed by atoms with Crippen molar-refractivity contribution >= 4 is 23.2 Å². The van der Waals surface area contributed by atoms with Crippen LogP contribution in [0.15, 0.2) is 0 Å². The normalized spacial score (nSPS) is 13.4. The summed E-state index contributed by atoms with van der Waals surface area (Å²) in [6.45, 7) is 3.56. The molecular formula is C8H16Cl2O. The Balaban J connectivity index is 2.80. The van der Waals surface area contributed by atoms with Crippen molar-refractivity contribution in [3.63, 3.8) is 0 Å². The van der Waals surface area contributed by atoms with Gasteiger partial charge < -0.3 is 4.74 Å². The van der Waals surface area contributed by atoms with E-state index in [1.54, 1.807) is 0 Å². The Morgan fingerprint density at radius 2 is 2.00 bits per heavy atom. The van der Waals surface area contributed by atoms with Crippen molar-refractivity contribution in [3.8, 4) is 0 Å². The number of ether oxygens (including phenoxy) is 1. The van der Waals surface area contributed by atoms with Crippen LogP contribution < -0.4 is 0 Å². The fourth-order valence-corrected chi connectivity index (χ4v) is 0.924. The van der Waals surface area contributed by atoms with Crippen LogP contribution in [0.25, 0.3) is 0 Å². The number of alkyl halides is 2. The number of halogens is 2. The standard InChI is InChI=1S/C8H16Cl2O/c1-8(10)4-7-11-6-3-2-5-9/h8H,2-7H2,1H3.